The van der Waals surface area contributed by atoms with Crippen LogP contribution in [0.4, 0.5) is 0 Å². The maximum atomic E-state index is 12.7. The molecular formula is C19H16N4O2. The molecule has 0 fully saturated rings. The summed E-state index contributed by atoms with van der Waals surface area (Å²) in [7, 11) is 0. The van der Waals surface area contributed by atoms with Gasteiger partial charge in [-0.25, -0.2) is 13.9 Å². The van der Waals surface area contributed by atoms with E-state index in [4.69, 9.17) is 0 Å². The average Bonchev–Trinajstić information content (AvgIpc) is 2.95. The van der Waals surface area contributed by atoms with Crippen LogP contribution in [-0.2, 0) is 6.54 Å². The topological polar surface area (TPSA) is 61.3 Å². The Labute approximate surface area is 143 Å². The van der Waals surface area contributed by atoms with Gasteiger partial charge in [0.2, 0.25) is 5.65 Å². The first-order chi connectivity index (χ1) is 12.1. The Morgan fingerprint density at radius 3 is 2.36 bits per heavy atom. The summed E-state index contributed by atoms with van der Waals surface area (Å²) < 4.78 is 4.09. The fraction of sp³-hybridized carbons (Fsp3) is 0.105. The molecule has 0 amide bonds. The second-order valence-electron chi connectivity index (χ2n) is 5.93. The normalized spacial score (nSPS) is 11.1. The molecule has 2 heterocycles. The quantitative estimate of drug-likeness (QED) is 0.576. The number of para-hydroxylation sites is 1. The van der Waals surface area contributed by atoms with Crippen molar-refractivity contribution in [2.75, 3.05) is 0 Å². The summed E-state index contributed by atoms with van der Waals surface area (Å²) >= 11 is 0. The molecule has 6 heteroatoms. The van der Waals surface area contributed by atoms with Gasteiger partial charge in [0.05, 0.1) is 6.54 Å². The Hall–Kier alpha value is -3.41. The van der Waals surface area contributed by atoms with Crippen molar-refractivity contribution in [1.29, 1.82) is 0 Å². The molecule has 4 rings (SSSR count). The fourth-order valence-electron chi connectivity index (χ4n) is 2.77. The van der Waals surface area contributed by atoms with Crippen molar-refractivity contribution in [2.24, 2.45) is 0 Å². The standard InChI is InChI=1S/C19H16N4O2/c1-14-7-9-15(10-8-14)13-23-19(25)22-12-11-21(18(24)17(22)20-23)16-5-3-2-4-6-16/h2-12H,13H2,1H3. The van der Waals surface area contributed by atoms with Crippen LogP contribution >= 0.6 is 0 Å². The monoisotopic (exact) mass is 332 g/mol. The van der Waals surface area contributed by atoms with Crippen molar-refractivity contribution in [3.05, 3.63) is 99.0 Å². The van der Waals surface area contributed by atoms with Gasteiger partial charge in [0, 0.05) is 18.1 Å². The van der Waals surface area contributed by atoms with E-state index in [1.807, 2.05) is 61.5 Å². The van der Waals surface area contributed by atoms with Crippen molar-refractivity contribution in [2.45, 2.75) is 13.5 Å². The van der Waals surface area contributed by atoms with E-state index in [9.17, 15) is 9.59 Å². The molecule has 0 aliphatic rings. The van der Waals surface area contributed by atoms with E-state index in [1.54, 1.807) is 12.4 Å². The maximum Gasteiger partial charge on any atom is 0.350 e. The van der Waals surface area contributed by atoms with Crippen LogP contribution in [-0.4, -0.2) is 18.7 Å². The van der Waals surface area contributed by atoms with Crippen molar-refractivity contribution >= 4 is 5.65 Å². The third-order valence-corrected chi connectivity index (χ3v) is 4.13. The van der Waals surface area contributed by atoms with Crippen molar-refractivity contribution in [3.8, 4) is 5.69 Å². The summed E-state index contributed by atoms with van der Waals surface area (Å²) in [4.78, 5) is 25.2. The molecule has 6 nitrogen and oxygen atoms in total. The van der Waals surface area contributed by atoms with Gasteiger partial charge in [-0.2, -0.15) is 0 Å². The molecule has 0 spiro atoms. The van der Waals surface area contributed by atoms with E-state index in [0.29, 0.717) is 6.54 Å². The maximum absolute atomic E-state index is 12.7. The molecule has 0 aliphatic heterocycles. The Bertz CT molecular complexity index is 1150. The first kappa shape index (κ1) is 15.1. The molecule has 0 saturated heterocycles. The molecule has 4 aromatic rings. The molecule has 2 aromatic carbocycles. The van der Waals surface area contributed by atoms with Gasteiger partial charge in [-0.3, -0.25) is 9.36 Å². The first-order valence-corrected chi connectivity index (χ1v) is 7.95. The van der Waals surface area contributed by atoms with Gasteiger partial charge in [0.1, 0.15) is 0 Å². The van der Waals surface area contributed by atoms with E-state index in [-0.39, 0.29) is 16.9 Å². The molecule has 0 aliphatic carbocycles. The highest BCUT2D eigenvalue weighted by Gasteiger charge is 2.12. The summed E-state index contributed by atoms with van der Waals surface area (Å²) in [6.45, 7) is 2.33. The lowest BCUT2D eigenvalue weighted by atomic mass is 10.1. The van der Waals surface area contributed by atoms with Gasteiger partial charge in [-0.1, -0.05) is 48.0 Å². The minimum Gasteiger partial charge on any atom is -0.280 e. The third kappa shape index (κ3) is 2.67. The Morgan fingerprint density at radius 1 is 0.920 bits per heavy atom. The Morgan fingerprint density at radius 2 is 1.64 bits per heavy atom. The van der Waals surface area contributed by atoms with Crippen molar-refractivity contribution < 1.29 is 0 Å². The Kier molecular flexibility index (Phi) is 3.57. The number of nitrogens with zero attached hydrogens (tertiary/aromatic N) is 4. The average molecular weight is 332 g/mol. The molecule has 2 aromatic heterocycles. The van der Waals surface area contributed by atoms with Crippen LogP contribution < -0.4 is 11.2 Å². The molecule has 0 N–H and O–H groups in total. The van der Waals surface area contributed by atoms with Crippen molar-refractivity contribution in [3.63, 3.8) is 0 Å². The molecule has 25 heavy (non-hydrogen) atoms. The van der Waals surface area contributed by atoms with Gasteiger partial charge in [0.25, 0.3) is 0 Å². The van der Waals surface area contributed by atoms with Gasteiger partial charge in [-0.15, -0.1) is 5.10 Å². The molecule has 0 unspecified atom stereocenters. The van der Waals surface area contributed by atoms with Crippen LogP contribution in [0.15, 0.2) is 76.6 Å². The second kappa shape index (κ2) is 5.90. The number of hydrogen-bond acceptors (Lipinski definition) is 3. The van der Waals surface area contributed by atoms with Crippen LogP contribution in [0.1, 0.15) is 11.1 Å². The van der Waals surface area contributed by atoms with Gasteiger partial charge in [-0.05, 0) is 24.6 Å². The van der Waals surface area contributed by atoms with Gasteiger partial charge < -0.3 is 0 Å². The minimum atomic E-state index is -0.326. The summed E-state index contributed by atoms with van der Waals surface area (Å²) in [6.07, 6.45) is 3.16. The third-order valence-electron chi connectivity index (χ3n) is 4.13. The molecule has 0 saturated carbocycles. The zero-order valence-corrected chi connectivity index (χ0v) is 13.7. The highest BCUT2D eigenvalue weighted by atomic mass is 16.2. The number of hydrogen-bond donors (Lipinski definition) is 0. The molecule has 0 atom stereocenters. The van der Waals surface area contributed by atoms with E-state index < -0.39 is 0 Å². The SMILES string of the molecule is Cc1ccc(Cn2nc3c(=O)n(-c4ccccc4)ccn3c2=O)cc1. The predicted molar refractivity (Wildman–Crippen MR) is 95.3 cm³/mol. The number of aryl methyl sites for hydroxylation is 1. The minimum absolute atomic E-state index is 0.114. The highest BCUT2D eigenvalue weighted by Crippen LogP contribution is 2.06. The first-order valence-electron chi connectivity index (χ1n) is 7.95. The summed E-state index contributed by atoms with van der Waals surface area (Å²) in [5.41, 5.74) is 2.30. The lowest BCUT2D eigenvalue weighted by molar-refractivity contribution is 0.658. The smallest absolute Gasteiger partial charge is 0.280 e. The molecule has 124 valence electrons. The summed E-state index contributed by atoms with van der Waals surface area (Å²) in [5, 5.41) is 4.25. The predicted octanol–water partition coefficient (Wildman–Crippen LogP) is 2.00. The number of aromatic nitrogens is 4. The molecule has 0 bridgehead atoms. The van der Waals surface area contributed by atoms with E-state index in [1.165, 1.54) is 13.6 Å². The highest BCUT2D eigenvalue weighted by molar-refractivity contribution is 5.39. The van der Waals surface area contributed by atoms with Crippen molar-refractivity contribution in [1.82, 2.24) is 18.7 Å². The van der Waals surface area contributed by atoms with Crippen LogP contribution in [0.5, 0.6) is 0 Å². The summed E-state index contributed by atoms with van der Waals surface area (Å²) in [6, 6.07) is 17.1. The zero-order chi connectivity index (χ0) is 17.4. The van der Waals surface area contributed by atoms with E-state index >= 15 is 0 Å². The zero-order valence-electron chi connectivity index (χ0n) is 13.7. The van der Waals surface area contributed by atoms with Crippen LogP contribution in [0, 0.1) is 6.92 Å². The van der Waals surface area contributed by atoms with Gasteiger partial charge in [0.15, 0.2) is 0 Å². The van der Waals surface area contributed by atoms with E-state index in [0.717, 1.165) is 16.8 Å². The Balaban J connectivity index is 1.82. The van der Waals surface area contributed by atoms with Crippen LogP contribution in [0.2, 0.25) is 0 Å². The van der Waals surface area contributed by atoms with Crippen LogP contribution in [0.25, 0.3) is 11.3 Å². The number of benzene rings is 2. The second-order valence-corrected chi connectivity index (χ2v) is 5.93. The van der Waals surface area contributed by atoms with Crippen LogP contribution in [0.3, 0.4) is 0 Å². The molecular weight excluding hydrogens is 316 g/mol. The van der Waals surface area contributed by atoms with Gasteiger partial charge >= 0.3 is 11.2 Å². The number of fused-ring (bicyclic) bond motifs is 1. The fourth-order valence-corrected chi connectivity index (χ4v) is 2.77. The number of rotatable bonds is 3. The summed E-state index contributed by atoms with van der Waals surface area (Å²) in [5.74, 6) is 0. The van der Waals surface area contributed by atoms with E-state index in [2.05, 4.69) is 5.10 Å². The largest absolute Gasteiger partial charge is 0.350 e. The molecule has 0 radical (unpaired) electrons. The lowest BCUT2D eigenvalue weighted by Crippen LogP contribution is -2.24. The lowest BCUT2D eigenvalue weighted by Gasteiger charge is -2.04.